The number of carbonyl (C=O) groups is 2. The fourth-order valence-electron chi connectivity index (χ4n) is 3.45. The molecule has 0 saturated heterocycles. The van der Waals surface area contributed by atoms with Gasteiger partial charge in [-0.25, -0.2) is 4.79 Å². The van der Waals surface area contributed by atoms with Crippen molar-refractivity contribution < 1.29 is 14.3 Å². The fourth-order valence-corrected chi connectivity index (χ4v) is 5.06. The molecule has 0 aliphatic carbocycles. The van der Waals surface area contributed by atoms with Crippen molar-refractivity contribution in [2.45, 2.75) is 27.2 Å². The van der Waals surface area contributed by atoms with Crippen molar-refractivity contribution in [2.24, 2.45) is 0 Å². The third-order valence-electron chi connectivity index (χ3n) is 4.83. The lowest BCUT2D eigenvalue weighted by Gasteiger charge is -2.23. The maximum absolute atomic E-state index is 13.2. The third kappa shape index (κ3) is 4.45. The van der Waals surface area contributed by atoms with Crippen LogP contribution < -0.4 is 10.6 Å². The number of amides is 1. The van der Waals surface area contributed by atoms with Gasteiger partial charge >= 0.3 is 5.97 Å². The van der Waals surface area contributed by atoms with Gasteiger partial charge in [-0.2, -0.15) is 0 Å². The summed E-state index contributed by atoms with van der Waals surface area (Å²) in [7, 11) is 0. The van der Waals surface area contributed by atoms with Gasteiger partial charge in [0.05, 0.1) is 17.3 Å². The van der Waals surface area contributed by atoms with Crippen molar-refractivity contribution in [1.82, 2.24) is 0 Å². The molecule has 0 fully saturated rings. The molecule has 1 aliphatic rings. The molecule has 2 N–H and O–H groups in total. The van der Waals surface area contributed by atoms with Gasteiger partial charge < -0.3 is 15.4 Å². The molecule has 0 atom stereocenters. The first-order chi connectivity index (χ1) is 15.0. The first kappa shape index (κ1) is 22.8. The number of hydrogen-bond donors (Lipinski definition) is 1. The zero-order valence-electron chi connectivity index (χ0n) is 17.8. The topological polar surface area (TPSA) is 72.6 Å². The van der Waals surface area contributed by atoms with E-state index in [2.05, 4.69) is 0 Å². The van der Waals surface area contributed by atoms with Crippen LogP contribution in [0.3, 0.4) is 0 Å². The Hall–Kier alpha value is -2.83. The minimum atomic E-state index is -0.414. The average Bonchev–Trinajstić information content (AvgIpc) is 3.02. The second-order valence-corrected chi connectivity index (χ2v) is 8.02. The summed E-state index contributed by atoms with van der Waals surface area (Å²) < 4.78 is 5.14. The van der Waals surface area contributed by atoms with E-state index in [0.29, 0.717) is 34.1 Å². The molecule has 0 radical (unpaired) electrons. The van der Waals surface area contributed by atoms with Crippen molar-refractivity contribution in [3.63, 3.8) is 0 Å². The molecule has 31 heavy (non-hydrogen) atoms. The predicted molar refractivity (Wildman–Crippen MR) is 128 cm³/mol. The quantitative estimate of drug-likeness (QED) is 0.384. The molecule has 1 aromatic heterocycles. The maximum atomic E-state index is 13.2. The lowest BCUT2D eigenvalue weighted by atomic mass is 10.1. The number of fused-ring (bicyclic) bond motifs is 3. The van der Waals surface area contributed by atoms with E-state index in [1.54, 1.807) is 36.1 Å². The van der Waals surface area contributed by atoms with Gasteiger partial charge in [0.15, 0.2) is 0 Å². The molecule has 2 aromatic carbocycles. The molecular formula is C24H25ClN2O3S. The Labute approximate surface area is 191 Å². The van der Waals surface area contributed by atoms with Crippen LogP contribution in [0, 0.1) is 0 Å². The van der Waals surface area contributed by atoms with Crippen molar-refractivity contribution >= 4 is 46.2 Å². The molecule has 162 valence electrons. The van der Waals surface area contributed by atoms with Crippen LogP contribution in [0.25, 0.3) is 10.4 Å². The van der Waals surface area contributed by atoms with Gasteiger partial charge in [-0.1, -0.05) is 43.6 Å². The van der Waals surface area contributed by atoms with Gasteiger partial charge in [-0.15, -0.1) is 11.3 Å². The minimum Gasteiger partial charge on any atom is -0.462 e. The lowest BCUT2D eigenvalue weighted by molar-refractivity contribution is 0.0532. The summed E-state index contributed by atoms with van der Waals surface area (Å²) in [6, 6.07) is 14.6. The Morgan fingerprint density at radius 2 is 1.81 bits per heavy atom. The number of thiophene rings is 1. The number of esters is 1. The van der Waals surface area contributed by atoms with Gasteiger partial charge in [-0.05, 0) is 49.2 Å². The normalized spacial score (nSPS) is 12.1. The number of carbonyl (C=O) groups excluding carboxylic acids is 2. The van der Waals surface area contributed by atoms with E-state index in [9.17, 15) is 9.59 Å². The van der Waals surface area contributed by atoms with Gasteiger partial charge in [-0.3, -0.25) is 4.79 Å². The van der Waals surface area contributed by atoms with Crippen LogP contribution in [-0.2, 0) is 11.2 Å². The summed E-state index contributed by atoms with van der Waals surface area (Å²) >= 11 is 7.88. The Kier molecular flexibility index (Phi) is 7.36. The van der Waals surface area contributed by atoms with Crippen LogP contribution >= 0.6 is 22.9 Å². The third-order valence-corrected chi connectivity index (χ3v) is 6.61. The van der Waals surface area contributed by atoms with E-state index >= 15 is 0 Å². The smallest absolute Gasteiger partial charge is 0.349 e. The average molecular weight is 457 g/mol. The van der Waals surface area contributed by atoms with Crippen molar-refractivity contribution in [1.29, 1.82) is 0 Å². The van der Waals surface area contributed by atoms with Crippen LogP contribution in [0.2, 0.25) is 5.02 Å². The standard InChI is InChI=1S/C22H19ClN2O3S.C2H6/c1-2-28-22(27)20-18(23)16-11-12-25(21(26)13-7-9-14(24)10-8-13)17-6-4-3-5-15(17)19(16)29-20;1-2/h3-10H,2,11-12,24H2,1H3;1-2H3. The Morgan fingerprint density at radius 3 is 2.48 bits per heavy atom. The number of nitrogens with two attached hydrogens (primary N) is 1. The summed E-state index contributed by atoms with van der Waals surface area (Å²) in [4.78, 5) is 28.6. The van der Waals surface area contributed by atoms with Crippen LogP contribution in [0.4, 0.5) is 11.4 Å². The SMILES string of the molecule is CC.CCOC(=O)c1sc2c(c1Cl)CCN(C(=O)c1ccc(N)cc1)c1ccccc1-2. The summed E-state index contributed by atoms with van der Waals surface area (Å²) in [6.45, 7) is 6.50. The number of para-hydroxylation sites is 1. The maximum Gasteiger partial charge on any atom is 0.349 e. The molecule has 1 amide bonds. The highest BCUT2D eigenvalue weighted by Gasteiger charge is 2.30. The second-order valence-electron chi connectivity index (χ2n) is 6.62. The molecule has 7 heteroatoms. The largest absolute Gasteiger partial charge is 0.462 e. The Bertz CT molecular complexity index is 1090. The zero-order valence-corrected chi connectivity index (χ0v) is 19.3. The van der Waals surface area contributed by atoms with E-state index in [4.69, 9.17) is 22.1 Å². The van der Waals surface area contributed by atoms with Crippen LogP contribution in [0.1, 0.15) is 46.4 Å². The minimum absolute atomic E-state index is 0.102. The van der Waals surface area contributed by atoms with E-state index in [-0.39, 0.29) is 12.5 Å². The number of halogens is 1. The summed E-state index contributed by atoms with van der Waals surface area (Å²) in [5.74, 6) is -0.516. The summed E-state index contributed by atoms with van der Waals surface area (Å²) in [5, 5.41) is 0.417. The number of hydrogen-bond acceptors (Lipinski definition) is 5. The number of anilines is 2. The number of rotatable bonds is 3. The van der Waals surface area contributed by atoms with Gasteiger partial charge in [0.2, 0.25) is 0 Å². The first-order valence-electron chi connectivity index (χ1n) is 10.3. The van der Waals surface area contributed by atoms with E-state index < -0.39 is 5.97 Å². The van der Waals surface area contributed by atoms with Crippen molar-refractivity contribution in [2.75, 3.05) is 23.8 Å². The van der Waals surface area contributed by atoms with Gasteiger partial charge in [0.1, 0.15) is 4.88 Å². The number of nitrogen functional groups attached to an aromatic ring is 1. The van der Waals surface area contributed by atoms with E-state index in [1.165, 1.54) is 11.3 Å². The molecule has 0 bridgehead atoms. The summed E-state index contributed by atoms with van der Waals surface area (Å²) in [5.41, 5.74) is 9.48. The first-order valence-corrected chi connectivity index (χ1v) is 11.5. The molecular weight excluding hydrogens is 432 g/mol. The highest BCUT2D eigenvalue weighted by molar-refractivity contribution is 7.18. The van der Waals surface area contributed by atoms with E-state index in [1.807, 2.05) is 38.1 Å². The molecule has 5 nitrogen and oxygen atoms in total. The highest BCUT2D eigenvalue weighted by Crippen LogP contribution is 2.46. The molecule has 0 spiro atoms. The fraction of sp³-hybridized carbons (Fsp3) is 0.250. The molecule has 1 aliphatic heterocycles. The van der Waals surface area contributed by atoms with Gasteiger partial charge in [0.25, 0.3) is 5.91 Å². The second kappa shape index (κ2) is 9.98. The Morgan fingerprint density at radius 1 is 1.13 bits per heavy atom. The number of benzene rings is 2. The predicted octanol–water partition coefficient (Wildman–Crippen LogP) is 6.06. The van der Waals surface area contributed by atoms with Crippen LogP contribution in [0.15, 0.2) is 48.5 Å². The molecule has 2 heterocycles. The van der Waals surface area contributed by atoms with E-state index in [0.717, 1.165) is 21.7 Å². The Balaban J connectivity index is 0.00000132. The molecule has 0 saturated carbocycles. The van der Waals surface area contributed by atoms with Crippen molar-refractivity contribution in [3.05, 3.63) is 69.6 Å². The number of nitrogens with zero attached hydrogens (tertiary/aromatic N) is 1. The molecule has 3 aromatic rings. The van der Waals surface area contributed by atoms with Crippen molar-refractivity contribution in [3.8, 4) is 10.4 Å². The summed E-state index contributed by atoms with van der Waals surface area (Å²) in [6.07, 6.45) is 0.541. The van der Waals surface area contributed by atoms with Gasteiger partial charge in [0, 0.05) is 28.2 Å². The lowest BCUT2D eigenvalue weighted by Crippen LogP contribution is -2.32. The van der Waals surface area contributed by atoms with Crippen LogP contribution in [-0.4, -0.2) is 25.0 Å². The molecule has 4 rings (SSSR count). The number of ether oxygens (including phenoxy) is 1. The monoisotopic (exact) mass is 456 g/mol. The van der Waals surface area contributed by atoms with Crippen LogP contribution in [0.5, 0.6) is 0 Å². The zero-order chi connectivity index (χ0) is 22.5. The highest BCUT2D eigenvalue weighted by atomic mass is 35.5. The molecule has 0 unspecified atom stereocenters.